The van der Waals surface area contributed by atoms with E-state index < -0.39 is 16.1 Å². The number of fused-ring (bicyclic) bond motifs is 1. The molecule has 0 aliphatic carbocycles. The summed E-state index contributed by atoms with van der Waals surface area (Å²) in [5.74, 6) is 0.216. The Kier molecular flexibility index (Phi) is 6.17. The Morgan fingerprint density at radius 3 is 2.72 bits per heavy atom. The third-order valence-corrected chi connectivity index (χ3v) is 5.81. The molecule has 3 rings (SSSR count). The van der Waals surface area contributed by atoms with Crippen molar-refractivity contribution >= 4 is 21.8 Å². The number of aromatic nitrogens is 1. The van der Waals surface area contributed by atoms with E-state index in [1.165, 1.54) is 6.07 Å². The van der Waals surface area contributed by atoms with Gasteiger partial charge in [0, 0.05) is 23.9 Å². The van der Waals surface area contributed by atoms with Gasteiger partial charge in [-0.05, 0) is 31.0 Å². The second-order valence-corrected chi connectivity index (χ2v) is 8.54. The maximum absolute atomic E-state index is 12.8. The van der Waals surface area contributed by atoms with Crippen LogP contribution >= 0.6 is 0 Å². The number of ether oxygens (including phenoxy) is 1. The summed E-state index contributed by atoms with van der Waals surface area (Å²) in [5.41, 5.74) is 1.22. The molecule has 0 bridgehead atoms. The lowest BCUT2D eigenvalue weighted by molar-refractivity contribution is -0.123. The van der Waals surface area contributed by atoms with Crippen LogP contribution in [0.25, 0.3) is 0 Å². The van der Waals surface area contributed by atoms with Crippen LogP contribution in [0, 0.1) is 5.92 Å². The highest BCUT2D eigenvalue weighted by Crippen LogP contribution is 2.23. The SMILES string of the molecule is CCOc1ncccc1CNC(=O)[C@@H](N=C1NS(=O)(=O)c2ccccc21)C(C)C. The molecule has 1 amide bonds. The Hall–Kier alpha value is -2.94. The standard InChI is InChI=1S/C20H24N4O4S/c1-4-28-20-14(8-7-11-21-20)12-22-19(25)17(13(2)3)23-18-15-9-5-6-10-16(15)29(26,27)24-18/h5-11,13,17H,4,12H2,1-3H3,(H,22,25)(H,23,24)/t17-/m0/s1. The highest BCUT2D eigenvalue weighted by Gasteiger charge is 2.32. The molecule has 0 unspecified atom stereocenters. The van der Waals surface area contributed by atoms with Crippen LogP contribution < -0.4 is 14.8 Å². The molecule has 0 radical (unpaired) electrons. The van der Waals surface area contributed by atoms with Crippen molar-refractivity contribution in [2.24, 2.45) is 10.9 Å². The van der Waals surface area contributed by atoms with Gasteiger partial charge >= 0.3 is 0 Å². The molecule has 8 nitrogen and oxygen atoms in total. The van der Waals surface area contributed by atoms with E-state index in [1.54, 1.807) is 30.5 Å². The van der Waals surface area contributed by atoms with E-state index in [2.05, 4.69) is 20.0 Å². The van der Waals surface area contributed by atoms with E-state index in [0.717, 1.165) is 5.56 Å². The lowest BCUT2D eigenvalue weighted by Gasteiger charge is -2.18. The topological polar surface area (TPSA) is 110 Å². The summed E-state index contributed by atoms with van der Waals surface area (Å²) in [4.78, 5) is 21.6. The smallest absolute Gasteiger partial charge is 0.263 e. The fourth-order valence-corrected chi connectivity index (χ4v) is 4.23. The molecule has 9 heteroatoms. The highest BCUT2D eigenvalue weighted by atomic mass is 32.2. The number of amides is 1. The quantitative estimate of drug-likeness (QED) is 0.716. The minimum Gasteiger partial charge on any atom is -0.478 e. The first-order valence-corrected chi connectivity index (χ1v) is 10.9. The van der Waals surface area contributed by atoms with Gasteiger partial charge in [0.2, 0.25) is 11.8 Å². The van der Waals surface area contributed by atoms with Crippen LogP contribution in [0.1, 0.15) is 31.9 Å². The van der Waals surface area contributed by atoms with Crippen LogP contribution in [0.4, 0.5) is 0 Å². The summed E-state index contributed by atoms with van der Waals surface area (Å²) in [6.07, 6.45) is 1.63. The number of pyridine rings is 1. The van der Waals surface area contributed by atoms with Crippen LogP contribution in [0.2, 0.25) is 0 Å². The van der Waals surface area contributed by atoms with Crippen molar-refractivity contribution in [1.82, 2.24) is 15.0 Å². The molecule has 1 aromatic carbocycles. The number of sulfonamides is 1. The molecule has 0 saturated carbocycles. The second kappa shape index (κ2) is 8.60. The van der Waals surface area contributed by atoms with Crippen LogP contribution in [0.5, 0.6) is 5.88 Å². The minimum absolute atomic E-state index is 0.139. The van der Waals surface area contributed by atoms with Crippen molar-refractivity contribution in [3.05, 3.63) is 53.7 Å². The molecule has 2 aromatic rings. The van der Waals surface area contributed by atoms with Crippen LogP contribution in [0.15, 0.2) is 52.5 Å². The third kappa shape index (κ3) is 4.56. The first kappa shape index (κ1) is 20.8. The molecule has 1 aliphatic rings. The molecular weight excluding hydrogens is 392 g/mol. The number of hydrogen-bond acceptors (Lipinski definition) is 6. The molecule has 1 atom stereocenters. The number of aliphatic imine (C=N–C) groups is 1. The van der Waals surface area contributed by atoms with Crippen LogP contribution in [-0.2, 0) is 21.4 Å². The van der Waals surface area contributed by atoms with Crippen molar-refractivity contribution in [2.45, 2.75) is 38.3 Å². The molecule has 2 heterocycles. The number of nitrogens with one attached hydrogen (secondary N) is 2. The summed E-state index contributed by atoms with van der Waals surface area (Å²) in [6, 6.07) is 9.42. The van der Waals surface area contributed by atoms with Crippen LogP contribution in [-0.4, -0.2) is 37.8 Å². The number of hydrogen-bond donors (Lipinski definition) is 2. The highest BCUT2D eigenvalue weighted by molar-refractivity contribution is 7.90. The predicted molar refractivity (Wildman–Crippen MR) is 109 cm³/mol. The Morgan fingerprint density at radius 1 is 1.24 bits per heavy atom. The Balaban J connectivity index is 1.81. The van der Waals surface area contributed by atoms with Gasteiger partial charge in [-0.15, -0.1) is 0 Å². The third-order valence-electron chi connectivity index (χ3n) is 4.42. The van der Waals surface area contributed by atoms with Gasteiger partial charge in [-0.25, -0.2) is 13.4 Å². The molecular formula is C20H24N4O4S. The zero-order valence-electron chi connectivity index (χ0n) is 16.5. The summed E-state index contributed by atoms with van der Waals surface area (Å²) in [6.45, 7) is 6.29. The fourth-order valence-electron chi connectivity index (χ4n) is 2.99. The van der Waals surface area contributed by atoms with Gasteiger partial charge in [0.1, 0.15) is 11.9 Å². The summed E-state index contributed by atoms with van der Waals surface area (Å²) in [7, 11) is -3.66. The number of carbonyl (C=O) groups is 1. The molecule has 154 valence electrons. The number of carbonyl (C=O) groups excluding carboxylic acids is 1. The van der Waals surface area contributed by atoms with Crippen molar-refractivity contribution < 1.29 is 17.9 Å². The molecule has 1 aromatic heterocycles. The largest absolute Gasteiger partial charge is 0.478 e. The van der Waals surface area contributed by atoms with Gasteiger partial charge in [-0.2, -0.15) is 0 Å². The van der Waals surface area contributed by atoms with Gasteiger partial charge < -0.3 is 10.1 Å². The van der Waals surface area contributed by atoms with Gasteiger partial charge in [0.25, 0.3) is 10.0 Å². The average molecular weight is 417 g/mol. The van der Waals surface area contributed by atoms with Gasteiger partial charge in [-0.1, -0.05) is 32.0 Å². The molecule has 2 N–H and O–H groups in total. The van der Waals surface area contributed by atoms with Crippen LogP contribution in [0.3, 0.4) is 0 Å². The average Bonchev–Trinajstić information content (AvgIpc) is 2.95. The monoisotopic (exact) mass is 416 g/mol. The second-order valence-electron chi connectivity index (χ2n) is 6.89. The molecule has 0 spiro atoms. The Morgan fingerprint density at radius 2 is 2.00 bits per heavy atom. The first-order valence-electron chi connectivity index (χ1n) is 9.38. The number of amidine groups is 1. The number of benzene rings is 1. The first-order chi connectivity index (χ1) is 13.8. The normalized spacial score (nSPS) is 16.9. The molecule has 29 heavy (non-hydrogen) atoms. The lowest BCUT2D eigenvalue weighted by Crippen LogP contribution is -2.38. The van der Waals surface area contributed by atoms with E-state index >= 15 is 0 Å². The van der Waals surface area contributed by atoms with E-state index in [1.807, 2.05) is 26.8 Å². The Labute approximate surface area is 170 Å². The summed E-state index contributed by atoms with van der Waals surface area (Å²) >= 11 is 0. The zero-order valence-corrected chi connectivity index (χ0v) is 17.4. The predicted octanol–water partition coefficient (Wildman–Crippen LogP) is 1.86. The van der Waals surface area contributed by atoms with E-state index in [9.17, 15) is 13.2 Å². The van der Waals surface area contributed by atoms with Gasteiger partial charge in [-0.3, -0.25) is 14.5 Å². The van der Waals surface area contributed by atoms with Crippen molar-refractivity contribution in [3.63, 3.8) is 0 Å². The fraction of sp³-hybridized carbons (Fsp3) is 0.350. The molecule has 0 fully saturated rings. The maximum atomic E-state index is 12.8. The van der Waals surface area contributed by atoms with Crippen molar-refractivity contribution in [2.75, 3.05) is 6.61 Å². The minimum atomic E-state index is -3.66. The zero-order chi connectivity index (χ0) is 21.0. The lowest BCUT2D eigenvalue weighted by atomic mass is 10.0. The van der Waals surface area contributed by atoms with E-state index in [-0.39, 0.29) is 29.1 Å². The van der Waals surface area contributed by atoms with E-state index in [4.69, 9.17) is 4.74 Å². The summed E-state index contributed by atoms with van der Waals surface area (Å²) in [5, 5.41) is 2.85. The van der Waals surface area contributed by atoms with Gasteiger partial charge in [0.05, 0.1) is 11.5 Å². The number of rotatable bonds is 7. The molecule has 0 saturated heterocycles. The van der Waals surface area contributed by atoms with Crippen molar-refractivity contribution in [1.29, 1.82) is 0 Å². The Bertz CT molecular complexity index is 1030. The summed E-state index contributed by atoms with van der Waals surface area (Å²) < 4.78 is 32.5. The van der Waals surface area contributed by atoms with Gasteiger partial charge in [0.15, 0.2) is 0 Å². The maximum Gasteiger partial charge on any atom is 0.263 e. The van der Waals surface area contributed by atoms with E-state index in [0.29, 0.717) is 18.1 Å². The molecule has 1 aliphatic heterocycles. The number of nitrogens with zero attached hydrogens (tertiary/aromatic N) is 2. The van der Waals surface area contributed by atoms with Crippen molar-refractivity contribution in [3.8, 4) is 5.88 Å².